The summed E-state index contributed by atoms with van der Waals surface area (Å²) in [5.41, 5.74) is 3.67. The van der Waals surface area contributed by atoms with Crippen molar-refractivity contribution in [1.82, 2.24) is 20.2 Å². The fourth-order valence-corrected chi connectivity index (χ4v) is 3.14. The van der Waals surface area contributed by atoms with E-state index in [1.807, 2.05) is 31.3 Å². The quantitative estimate of drug-likeness (QED) is 0.528. The summed E-state index contributed by atoms with van der Waals surface area (Å²) in [4.78, 5) is 9.95. The van der Waals surface area contributed by atoms with Crippen LogP contribution in [0.25, 0.3) is 10.9 Å². The van der Waals surface area contributed by atoms with Crippen LogP contribution in [-0.4, -0.2) is 33.8 Å². The number of aromatic amines is 1. The number of rotatable bonds is 7. The molecule has 136 valence electrons. The van der Waals surface area contributed by atoms with Gasteiger partial charge in [-0.2, -0.15) is 10.1 Å². The molecule has 2 aromatic carbocycles. The predicted molar refractivity (Wildman–Crippen MR) is 109 cm³/mol. The van der Waals surface area contributed by atoms with Crippen molar-refractivity contribution in [3.8, 4) is 0 Å². The van der Waals surface area contributed by atoms with Gasteiger partial charge in [-0.25, -0.2) is 0 Å². The van der Waals surface area contributed by atoms with Crippen molar-refractivity contribution < 1.29 is 0 Å². The predicted octanol–water partition coefficient (Wildman–Crippen LogP) is 3.64. The Kier molecular flexibility index (Phi) is 4.96. The van der Waals surface area contributed by atoms with E-state index < -0.39 is 0 Å². The summed E-state index contributed by atoms with van der Waals surface area (Å²) in [6.07, 6.45) is 4.64. The van der Waals surface area contributed by atoms with Crippen LogP contribution >= 0.6 is 0 Å². The lowest BCUT2D eigenvalue weighted by molar-refractivity contribution is 0.856. The van der Waals surface area contributed by atoms with Gasteiger partial charge in [0, 0.05) is 37.2 Å². The van der Waals surface area contributed by atoms with Gasteiger partial charge >= 0.3 is 0 Å². The maximum atomic E-state index is 4.58. The molecule has 0 aliphatic carbocycles. The lowest BCUT2D eigenvalue weighted by Crippen LogP contribution is -2.19. The molecule has 0 fully saturated rings. The van der Waals surface area contributed by atoms with Crippen LogP contribution < -0.4 is 10.2 Å². The summed E-state index contributed by atoms with van der Waals surface area (Å²) in [6, 6.07) is 18.6. The molecule has 0 bridgehead atoms. The summed E-state index contributed by atoms with van der Waals surface area (Å²) in [5, 5.41) is 12.7. The number of hydrogen-bond acceptors (Lipinski definition) is 5. The van der Waals surface area contributed by atoms with Crippen LogP contribution in [0.4, 0.5) is 11.8 Å². The molecule has 2 N–H and O–H groups in total. The van der Waals surface area contributed by atoms with E-state index in [0.717, 1.165) is 30.8 Å². The van der Waals surface area contributed by atoms with Crippen molar-refractivity contribution in [2.75, 3.05) is 23.8 Å². The zero-order valence-electron chi connectivity index (χ0n) is 15.3. The largest absolute Gasteiger partial charge is 0.361 e. The average Bonchev–Trinajstić information content (AvgIpc) is 3.12. The molecule has 6 nitrogen and oxygen atoms in total. The van der Waals surface area contributed by atoms with Crippen molar-refractivity contribution in [3.63, 3.8) is 0 Å². The van der Waals surface area contributed by atoms with Gasteiger partial charge in [-0.1, -0.05) is 48.5 Å². The summed E-state index contributed by atoms with van der Waals surface area (Å²) in [6.45, 7) is 1.52. The van der Waals surface area contributed by atoms with Gasteiger partial charge < -0.3 is 15.2 Å². The normalized spacial score (nSPS) is 10.9. The van der Waals surface area contributed by atoms with Gasteiger partial charge in [-0.05, 0) is 23.6 Å². The van der Waals surface area contributed by atoms with Gasteiger partial charge in [0.15, 0.2) is 5.82 Å². The summed E-state index contributed by atoms with van der Waals surface area (Å²) >= 11 is 0. The van der Waals surface area contributed by atoms with Crippen LogP contribution in [0.15, 0.2) is 67.0 Å². The van der Waals surface area contributed by atoms with Crippen LogP contribution in [0.3, 0.4) is 0 Å². The third-order valence-electron chi connectivity index (χ3n) is 4.55. The van der Waals surface area contributed by atoms with Gasteiger partial charge in [0.25, 0.3) is 0 Å². The topological polar surface area (TPSA) is 69.7 Å². The molecule has 0 radical (unpaired) electrons. The van der Waals surface area contributed by atoms with Crippen LogP contribution in [-0.2, 0) is 13.0 Å². The first kappa shape index (κ1) is 17.0. The Morgan fingerprint density at radius 3 is 2.74 bits per heavy atom. The maximum absolute atomic E-state index is 4.58. The highest BCUT2D eigenvalue weighted by Crippen LogP contribution is 2.18. The monoisotopic (exact) mass is 358 g/mol. The summed E-state index contributed by atoms with van der Waals surface area (Å²) in [5.74, 6) is 1.34. The zero-order chi connectivity index (χ0) is 18.5. The molecule has 4 aromatic rings. The van der Waals surface area contributed by atoms with E-state index in [-0.39, 0.29) is 0 Å². The van der Waals surface area contributed by atoms with E-state index in [9.17, 15) is 0 Å². The third kappa shape index (κ3) is 4.06. The SMILES string of the molecule is CN(Cc1ccccc1)c1cnnc(NCCc2c[nH]c3ccccc23)n1. The molecule has 0 spiro atoms. The Bertz CT molecular complexity index is 1010. The van der Waals surface area contributed by atoms with Crippen molar-refractivity contribution >= 4 is 22.7 Å². The number of para-hydroxylation sites is 1. The Labute approximate surface area is 158 Å². The van der Waals surface area contributed by atoms with E-state index in [1.165, 1.54) is 16.5 Å². The minimum Gasteiger partial charge on any atom is -0.361 e. The van der Waals surface area contributed by atoms with E-state index in [2.05, 4.69) is 66.9 Å². The summed E-state index contributed by atoms with van der Waals surface area (Å²) < 4.78 is 0. The smallest absolute Gasteiger partial charge is 0.244 e. The lowest BCUT2D eigenvalue weighted by atomic mass is 10.1. The van der Waals surface area contributed by atoms with E-state index in [0.29, 0.717) is 5.95 Å². The molecule has 0 aliphatic heterocycles. The van der Waals surface area contributed by atoms with E-state index in [4.69, 9.17) is 0 Å². The molecular formula is C21H22N6. The second kappa shape index (κ2) is 7.86. The van der Waals surface area contributed by atoms with E-state index in [1.54, 1.807) is 6.20 Å². The van der Waals surface area contributed by atoms with Crippen LogP contribution in [0.1, 0.15) is 11.1 Å². The van der Waals surface area contributed by atoms with Crippen molar-refractivity contribution in [2.45, 2.75) is 13.0 Å². The molecule has 0 atom stereocenters. The number of benzene rings is 2. The van der Waals surface area contributed by atoms with Crippen molar-refractivity contribution in [2.24, 2.45) is 0 Å². The molecule has 0 aliphatic rings. The van der Waals surface area contributed by atoms with Gasteiger partial charge in [-0.15, -0.1) is 5.10 Å². The van der Waals surface area contributed by atoms with Gasteiger partial charge in [0.05, 0.1) is 6.20 Å². The number of fused-ring (bicyclic) bond motifs is 1. The highest BCUT2D eigenvalue weighted by Gasteiger charge is 2.07. The van der Waals surface area contributed by atoms with Gasteiger partial charge in [0.1, 0.15) is 0 Å². The number of H-pyrrole nitrogens is 1. The Balaban J connectivity index is 1.37. The minimum atomic E-state index is 0.548. The molecule has 0 amide bonds. The first-order valence-corrected chi connectivity index (χ1v) is 9.03. The highest BCUT2D eigenvalue weighted by atomic mass is 15.3. The second-order valence-electron chi connectivity index (χ2n) is 6.52. The maximum Gasteiger partial charge on any atom is 0.244 e. The number of aromatic nitrogens is 4. The van der Waals surface area contributed by atoms with E-state index >= 15 is 0 Å². The molecule has 0 saturated carbocycles. The first-order chi connectivity index (χ1) is 13.3. The zero-order valence-corrected chi connectivity index (χ0v) is 15.3. The Morgan fingerprint density at radius 2 is 1.85 bits per heavy atom. The Hall–Kier alpha value is -3.41. The van der Waals surface area contributed by atoms with Crippen molar-refractivity contribution in [1.29, 1.82) is 0 Å². The molecule has 2 heterocycles. The molecule has 0 unspecified atom stereocenters. The van der Waals surface area contributed by atoms with Crippen LogP contribution in [0.5, 0.6) is 0 Å². The minimum absolute atomic E-state index is 0.548. The molecule has 27 heavy (non-hydrogen) atoms. The fourth-order valence-electron chi connectivity index (χ4n) is 3.14. The van der Waals surface area contributed by atoms with Crippen LogP contribution in [0.2, 0.25) is 0 Å². The molecule has 0 saturated heterocycles. The standard InChI is InChI=1S/C21H22N6/c1-27(15-16-7-3-2-4-8-16)20-14-24-26-21(25-20)22-12-11-17-13-23-19-10-6-5-9-18(17)19/h2-10,13-14,23H,11-12,15H2,1H3,(H,22,25,26). The second-order valence-corrected chi connectivity index (χ2v) is 6.52. The number of nitrogens with one attached hydrogen (secondary N) is 2. The Morgan fingerprint density at radius 1 is 1.04 bits per heavy atom. The van der Waals surface area contributed by atoms with Gasteiger partial charge in [-0.3, -0.25) is 0 Å². The first-order valence-electron chi connectivity index (χ1n) is 9.03. The summed E-state index contributed by atoms with van der Waals surface area (Å²) in [7, 11) is 2.01. The fraction of sp³-hybridized carbons (Fsp3) is 0.190. The highest BCUT2D eigenvalue weighted by molar-refractivity contribution is 5.83. The van der Waals surface area contributed by atoms with Crippen molar-refractivity contribution in [3.05, 3.63) is 78.1 Å². The lowest BCUT2D eigenvalue weighted by Gasteiger charge is -2.18. The third-order valence-corrected chi connectivity index (χ3v) is 4.55. The number of nitrogens with zero attached hydrogens (tertiary/aromatic N) is 4. The molecular weight excluding hydrogens is 336 g/mol. The van der Waals surface area contributed by atoms with Gasteiger partial charge in [0.2, 0.25) is 5.95 Å². The molecule has 4 rings (SSSR count). The molecule has 2 aromatic heterocycles. The number of anilines is 2. The molecule has 6 heteroatoms. The number of hydrogen-bond donors (Lipinski definition) is 2. The average molecular weight is 358 g/mol. The van der Waals surface area contributed by atoms with Crippen LogP contribution in [0, 0.1) is 0 Å².